The molecule has 1 aromatic rings. The average Bonchev–Trinajstić information content (AvgIpc) is 2.91. The van der Waals surface area contributed by atoms with Gasteiger partial charge in [-0.2, -0.15) is 0 Å². The Kier molecular flexibility index (Phi) is 1.63. The number of benzene rings is 1. The van der Waals surface area contributed by atoms with Gasteiger partial charge in [0.05, 0.1) is 0 Å². The molecular weight excluding hydrogens is 174 g/mol. The summed E-state index contributed by atoms with van der Waals surface area (Å²) in [6.45, 7) is 1.78. The first-order valence-electron chi connectivity index (χ1n) is 5.17. The lowest BCUT2D eigenvalue weighted by molar-refractivity contribution is -0.130. The molecule has 2 heteroatoms. The molecule has 2 aliphatic rings. The second-order valence-electron chi connectivity index (χ2n) is 4.31. The summed E-state index contributed by atoms with van der Waals surface area (Å²) < 4.78 is 0. The van der Waals surface area contributed by atoms with Crippen LogP contribution in [0, 0.1) is 11.8 Å². The molecule has 0 unspecified atom stereocenters. The lowest BCUT2D eigenvalue weighted by atomic mass is 10.2. The number of nitrogens with zero attached hydrogens (tertiary/aromatic N) is 1. The van der Waals surface area contributed by atoms with Crippen LogP contribution < -0.4 is 0 Å². The monoisotopic (exact) mass is 187 g/mol. The van der Waals surface area contributed by atoms with Crippen LogP contribution in [0.3, 0.4) is 0 Å². The zero-order valence-corrected chi connectivity index (χ0v) is 8.02. The van der Waals surface area contributed by atoms with Crippen LogP contribution in [0.15, 0.2) is 30.3 Å². The highest BCUT2D eigenvalue weighted by Gasteiger charge is 2.51. The van der Waals surface area contributed by atoms with E-state index in [2.05, 4.69) is 12.1 Å². The summed E-state index contributed by atoms with van der Waals surface area (Å²) in [4.78, 5) is 13.7. The van der Waals surface area contributed by atoms with Crippen LogP contribution in [0.5, 0.6) is 0 Å². The first-order chi connectivity index (χ1) is 6.84. The van der Waals surface area contributed by atoms with E-state index in [1.807, 2.05) is 23.1 Å². The number of fused-ring (bicyclic) bond motifs is 1. The van der Waals surface area contributed by atoms with Gasteiger partial charge < -0.3 is 4.90 Å². The second-order valence-corrected chi connectivity index (χ2v) is 4.31. The van der Waals surface area contributed by atoms with Gasteiger partial charge in [0.15, 0.2) is 0 Å². The van der Waals surface area contributed by atoms with Crippen LogP contribution in [-0.2, 0) is 11.3 Å². The topological polar surface area (TPSA) is 20.3 Å². The number of amides is 1. The molecule has 72 valence electrons. The number of rotatable bonds is 2. The lowest BCUT2D eigenvalue weighted by Crippen LogP contribution is -2.27. The molecule has 3 rings (SSSR count). The summed E-state index contributed by atoms with van der Waals surface area (Å²) in [5, 5.41) is 0. The molecule has 1 saturated carbocycles. The molecule has 1 heterocycles. The summed E-state index contributed by atoms with van der Waals surface area (Å²) in [5.74, 6) is 1.45. The van der Waals surface area contributed by atoms with Crippen molar-refractivity contribution in [1.29, 1.82) is 0 Å². The number of carbonyl (C=O) groups excluding carboxylic acids is 1. The number of hydrogen-bond acceptors (Lipinski definition) is 1. The fraction of sp³-hybridized carbons (Fsp3) is 0.417. The SMILES string of the molecule is O=C1[C@H]2C[C@H]2CN1Cc1ccccc1. The maximum atomic E-state index is 11.7. The van der Waals surface area contributed by atoms with Crippen LogP contribution >= 0.6 is 0 Å². The zero-order valence-electron chi connectivity index (χ0n) is 8.02. The predicted octanol–water partition coefficient (Wildman–Crippen LogP) is 1.66. The van der Waals surface area contributed by atoms with Crippen LogP contribution in [0.2, 0.25) is 0 Å². The Balaban J connectivity index is 1.71. The molecule has 0 N–H and O–H groups in total. The van der Waals surface area contributed by atoms with Crippen molar-refractivity contribution in [3.8, 4) is 0 Å². The minimum atomic E-state index is 0.374. The van der Waals surface area contributed by atoms with Gasteiger partial charge in [-0.15, -0.1) is 0 Å². The van der Waals surface area contributed by atoms with E-state index in [0.29, 0.717) is 17.7 Å². The number of hydrogen-bond donors (Lipinski definition) is 0. The van der Waals surface area contributed by atoms with Gasteiger partial charge >= 0.3 is 0 Å². The van der Waals surface area contributed by atoms with E-state index >= 15 is 0 Å². The molecule has 14 heavy (non-hydrogen) atoms. The van der Waals surface area contributed by atoms with Crippen molar-refractivity contribution in [3.05, 3.63) is 35.9 Å². The van der Waals surface area contributed by atoms with E-state index in [9.17, 15) is 4.79 Å². The van der Waals surface area contributed by atoms with Crippen molar-refractivity contribution in [2.45, 2.75) is 13.0 Å². The van der Waals surface area contributed by atoms with Crippen molar-refractivity contribution < 1.29 is 4.79 Å². The maximum absolute atomic E-state index is 11.7. The molecular formula is C12H13NO. The highest BCUT2D eigenvalue weighted by molar-refractivity contribution is 5.84. The molecule has 2 nitrogen and oxygen atoms in total. The first kappa shape index (κ1) is 8.04. The molecule has 1 aromatic carbocycles. The molecule has 0 aromatic heterocycles. The Labute approximate surface area is 83.5 Å². The van der Waals surface area contributed by atoms with Gasteiger partial charge in [0.1, 0.15) is 0 Å². The third kappa shape index (κ3) is 1.22. The Morgan fingerprint density at radius 2 is 2.07 bits per heavy atom. The number of carbonyl (C=O) groups is 1. The zero-order chi connectivity index (χ0) is 9.54. The largest absolute Gasteiger partial charge is 0.338 e. The van der Waals surface area contributed by atoms with Crippen molar-refractivity contribution in [1.82, 2.24) is 4.90 Å². The van der Waals surface area contributed by atoms with Gasteiger partial charge in [-0.3, -0.25) is 4.79 Å². The van der Waals surface area contributed by atoms with Gasteiger partial charge in [0.25, 0.3) is 0 Å². The van der Waals surface area contributed by atoms with Crippen molar-refractivity contribution >= 4 is 5.91 Å². The molecule has 2 atom stereocenters. The molecule has 1 aliphatic carbocycles. The van der Waals surface area contributed by atoms with Crippen molar-refractivity contribution in [3.63, 3.8) is 0 Å². The summed E-state index contributed by atoms with van der Waals surface area (Å²) in [6.07, 6.45) is 1.14. The highest BCUT2D eigenvalue weighted by atomic mass is 16.2. The predicted molar refractivity (Wildman–Crippen MR) is 53.5 cm³/mol. The molecule has 0 bridgehead atoms. The van der Waals surface area contributed by atoms with Crippen LogP contribution in [0.25, 0.3) is 0 Å². The number of likely N-dealkylation sites (tertiary alicyclic amines) is 1. The van der Waals surface area contributed by atoms with Gasteiger partial charge in [-0.1, -0.05) is 30.3 Å². The third-order valence-corrected chi connectivity index (χ3v) is 3.22. The Hall–Kier alpha value is -1.31. The third-order valence-electron chi connectivity index (χ3n) is 3.22. The highest BCUT2D eigenvalue weighted by Crippen LogP contribution is 2.46. The summed E-state index contributed by atoms with van der Waals surface area (Å²) in [7, 11) is 0. The fourth-order valence-electron chi connectivity index (χ4n) is 2.31. The fourth-order valence-corrected chi connectivity index (χ4v) is 2.31. The van der Waals surface area contributed by atoms with E-state index in [-0.39, 0.29) is 0 Å². The van der Waals surface area contributed by atoms with Gasteiger partial charge in [0, 0.05) is 19.0 Å². The van der Waals surface area contributed by atoms with E-state index < -0.39 is 0 Å². The summed E-state index contributed by atoms with van der Waals surface area (Å²) in [5.41, 5.74) is 1.24. The van der Waals surface area contributed by atoms with Crippen molar-refractivity contribution in [2.24, 2.45) is 11.8 Å². The van der Waals surface area contributed by atoms with Gasteiger partial charge in [-0.05, 0) is 17.9 Å². The quantitative estimate of drug-likeness (QED) is 0.689. The second kappa shape index (κ2) is 2.84. The maximum Gasteiger partial charge on any atom is 0.226 e. The number of piperidine rings is 1. The van der Waals surface area contributed by atoms with Gasteiger partial charge in [0.2, 0.25) is 5.91 Å². The Bertz CT molecular complexity index is 360. The van der Waals surface area contributed by atoms with E-state index in [1.54, 1.807) is 0 Å². The van der Waals surface area contributed by atoms with Crippen LogP contribution in [0.1, 0.15) is 12.0 Å². The molecule has 0 spiro atoms. The standard InChI is InChI=1S/C12H13NO/c14-12-11-6-10(11)8-13(12)7-9-4-2-1-3-5-9/h1-5,10-11H,6-8H2/t10-,11-/m0/s1. The van der Waals surface area contributed by atoms with Crippen LogP contribution in [-0.4, -0.2) is 17.4 Å². The van der Waals surface area contributed by atoms with E-state index in [1.165, 1.54) is 5.56 Å². The Morgan fingerprint density at radius 3 is 2.71 bits per heavy atom. The molecule has 2 fully saturated rings. The van der Waals surface area contributed by atoms with Crippen LogP contribution in [0.4, 0.5) is 0 Å². The molecule has 1 amide bonds. The minimum absolute atomic E-state index is 0.374. The minimum Gasteiger partial charge on any atom is -0.338 e. The van der Waals surface area contributed by atoms with Crippen molar-refractivity contribution in [2.75, 3.05) is 6.54 Å². The summed E-state index contributed by atoms with van der Waals surface area (Å²) in [6, 6.07) is 10.2. The van der Waals surface area contributed by atoms with E-state index in [0.717, 1.165) is 19.5 Å². The lowest BCUT2D eigenvalue weighted by Gasteiger charge is -2.17. The molecule has 1 saturated heterocycles. The molecule has 1 aliphatic heterocycles. The first-order valence-corrected chi connectivity index (χ1v) is 5.17. The average molecular weight is 187 g/mol. The smallest absolute Gasteiger partial charge is 0.226 e. The summed E-state index contributed by atoms with van der Waals surface area (Å²) >= 11 is 0. The van der Waals surface area contributed by atoms with E-state index in [4.69, 9.17) is 0 Å². The Morgan fingerprint density at radius 1 is 1.29 bits per heavy atom. The van der Waals surface area contributed by atoms with Gasteiger partial charge in [-0.25, -0.2) is 0 Å². The molecule has 0 radical (unpaired) electrons. The normalized spacial score (nSPS) is 29.1.